The fourth-order valence-electron chi connectivity index (χ4n) is 2.07. The number of carboxylic acids is 1. The highest BCUT2D eigenvalue weighted by Gasteiger charge is 2.22. The summed E-state index contributed by atoms with van der Waals surface area (Å²) in [7, 11) is 0. The van der Waals surface area contributed by atoms with Crippen molar-refractivity contribution in [3.8, 4) is 0 Å². The Bertz CT molecular complexity index is 380. The first-order valence-electron chi connectivity index (χ1n) is 5.67. The number of carboxylic acid groups (broad SMARTS) is 1. The molecule has 0 radical (unpaired) electrons. The van der Waals surface area contributed by atoms with Crippen molar-refractivity contribution in [2.45, 2.75) is 39.3 Å². The second-order valence-electron chi connectivity index (χ2n) is 4.14. The van der Waals surface area contributed by atoms with Gasteiger partial charge >= 0.3 is 5.97 Å². The highest BCUT2D eigenvalue weighted by Crippen LogP contribution is 2.29. The standard InChI is InChI=1S/C12H18ClNO2S/c1-4-14(8(2)5-12(15)16)9(3)10-6-11(13)17-7-10/h6-9H,4-5H2,1-3H3,(H,15,16). The Morgan fingerprint density at radius 2 is 2.24 bits per heavy atom. The zero-order valence-corrected chi connectivity index (χ0v) is 11.9. The van der Waals surface area contributed by atoms with Crippen LogP contribution in [0.2, 0.25) is 4.34 Å². The van der Waals surface area contributed by atoms with Crippen molar-refractivity contribution in [3.05, 3.63) is 21.3 Å². The maximum Gasteiger partial charge on any atom is 0.304 e. The number of aliphatic carboxylic acids is 1. The molecule has 0 fully saturated rings. The SMILES string of the molecule is CCN(C(C)CC(=O)O)C(C)c1csc(Cl)c1. The average molecular weight is 276 g/mol. The molecule has 1 aromatic rings. The van der Waals surface area contributed by atoms with Crippen LogP contribution < -0.4 is 0 Å². The Morgan fingerprint density at radius 1 is 1.59 bits per heavy atom. The van der Waals surface area contributed by atoms with Crippen LogP contribution in [-0.4, -0.2) is 28.6 Å². The first-order valence-corrected chi connectivity index (χ1v) is 6.93. The Kier molecular flexibility index (Phi) is 5.43. The second kappa shape index (κ2) is 6.38. The quantitative estimate of drug-likeness (QED) is 0.862. The van der Waals surface area contributed by atoms with E-state index >= 15 is 0 Å². The fourth-order valence-corrected chi connectivity index (χ4v) is 3.05. The minimum atomic E-state index is -0.758. The van der Waals surface area contributed by atoms with Crippen LogP contribution in [0.15, 0.2) is 11.4 Å². The summed E-state index contributed by atoms with van der Waals surface area (Å²) < 4.78 is 0.772. The lowest BCUT2D eigenvalue weighted by molar-refractivity contribution is -0.138. The number of rotatable bonds is 6. The molecular formula is C12H18ClNO2S. The molecule has 1 aromatic heterocycles. The van der Waals surface area contributed by atoms with Gasteiger partial charge in [0.1, 0.15) is 0 Å². The highest BCUT2D eigenvalue weighted by molar-refractivity contribution is 7.14. The molecule has 5 heteroatoms. The Hall–Kier alpha value is -0.580. The molecule has 0 amide bonds. The number of nitrogens with zero attached hydrogens (tertiary/aromatic N) is 1. The smallest absolute Gasteiger partial charge is 0.304 e. The van der Waals surface area contributed by atoms with E-state index in [1.165, 1.54) is 11.3 Å². The minimum absolute atomic E-state index is 0.0196. The van der Waals surface area contributed by atoms with Gasteiger partial charge in [0.2, 0.25) is 0 Å². The maximum absolute atomic E-state index is 10.7. The van der Waals surface area contributed by atoms with Gasteiger partial charge in [-0.3, -0.25) is 9.69 Å². The van der Waals surface area contributed by atoms with Gasteiger partial charge in [-0.1, -0.05) is 18.5 Å². The third kappa shape index (κ3) is 3.98. The zero-order valence-electron chi connectivity index (χ0n) is 10.3. The normalized spacial score (nSPS) is 14.9. The average Bonchev–Trinajstić information content (AvgIpc) is 2.64. The monoisotopic (exact) mass is 275 g/mol. The topological polar surface area (TPSA) is 40.5 Å². The highest BCUT2D eigenvalue weighted by atomic mass is 35.5. The van der Waals surface area contributed by atoms with E-state index < -0.39 is 5.97 Å². The van der Waals surface area contributed by atoms with Crippen molar-refractivity contribution >= 4 is 28.9 Å². The Morgan fingerprint density at radius 3 is 2.65 bits per heavy atom. The van der Waals surface area contributed by atoms with Crippen LogP contribution in [0.1, 0.15) is 38.8 Å². The number of halogens is 1. The first kappa shape index (κ1) is 14.5. The molecule has 1 N–H and O–H groups in total. The van der Waals surface area contributed by atoms with Gasteiger partial charge in [0.05, 0.1) is 10.8 Å². The molecule has 0 aliphatic rings. The van der Waals surface area contributed by atoms with E-state index in [4.69, 9.17) is 16.7 Å². The van der Waals surface area contributed by atoms with Crippen molar-refractivity contribution in [3.63, 3.8) is 0 Å². The van der Waals surface area contributed by atoms with Gasteiger partial charge in [-0.05, 0) is 37.4 Å². The molecule has 0 aromatic carbocycles. The van der Waals surface area contributed by atoms with Gasteiger partial charge in [0, 0.05) is 12.1 Å². The van der Waals surface area contributed by atoms with Crippen LogP contribution in [0.3, 0.4) is 0 Å². The van der Waals surface area contributed by atoms with Gasteiger partial charge in [-0.25, -0.2) is 0 Å². The lowest BCUT2D eigenvalue weighted by atomic mass is 10.1. The molecule has 96 valence electrons. The summed E-state index contributed by atoms with van der Waals surface area (Å²) in [6, 6.07) is 2.16. The molecule has 0 spiro atoms. The summed E-state index contributed by atoms with van der Waals surface area (Å²) in [5.74, 6) is -0.758. The van der Waals surface area contributed by atoms with E-state index in [9.17, 15) is 4.79 Å². The molecule has 0 saturated heterocycles. The van der Waals surface area contributed by atoms with Gasteiger partial charge in [-0.2, -0.15) is 0 Å². The van der Waals surface area contributed by atoms with Gasteiger partial charge in [0.15, 0.2) is 0 Å². The van der Waals surface area contributed by atoms with Crippen molar-refractivity contribution in [2.24, 2.45) is 0 Å². The zero-order chi connectivity index (χ0) is 13.0. The second-order valence-corrected chi connectivity index (χ2v) is 5.68. The first-order chi connectivity index (χ1) is 7.95. The molecule has 2 unspecified atom stereocenters. The molecule has 0 aliphatic carbocycles. The molecular weight excluding hydrogens is 258 g/mol. The van der Waals surface area contributed by atoms with E-state index in [0.29, 0.717) is 0 Å². The van der Waals surface area contributed by atoms with Crippen LogP contribution in [0, 0.1) is 0 Å². The molecule has 17 heavy (non-hydrogen) atoms. The molecule has 0 aliphatic heterocycles. The molecule has 1 rings (SSSR count). The lowest BCUT2D eigenvalue weighted by Crippen LogP contribution is -2.36. The molecule has 1 heterocycles. The van der Waals surface area contributed by atoms with E-state index in [1.54, 1.807) is 0 Å². The van der Waals surface area contributed by atoms with E-state index in [1.807, 2.05) is 25.3 Å². The summed E-state index contributed by atoms with van der Waals surface area (Å²) >= 11 is 7.43. The van der Waals surface area contributed by atoms with Crippen molar-refractivity contribution in [1.29, 1.82) is 0 Å². The summed E-state index contributed by atoms with van der Waals surface area (Å²) in [5.41, 5.74) is 1.15. The fraction of sp³-hybridized carbons (Fsp3) is 0.583. The summed E-state index contributed by atoms with van der Waals surface area (Å²) in [6.45, 7) is 6.90. The van der Waals surface area contributed by atoms with Gasteiger partial charge in [0.25, 0.3) is 0 Å². The van der Waals surface area contributed by atoms with E-state index in [2.05, 4.69) is 11.8 Å². The van der Waals surface area contributed by atoms with Gasteiger partial charge in [-0.15, -0.1) is 11.3 Å². The van der Waals surface area contributed by atoms with Crippen LogP contribution in [0.25, 0.3) is 0 Å². The van der Waals surface area contributed by atoms with Crippen LogP contribution in [-0.2, 0) is 4.79 Å². The Labute approximate surface area is 111 Å². The number of hydrogen-bond donors (Lipinski definition) is 1. The summed E-state index contributed by atoms with van der Waals surface area (Å²) in [5, 5.41) is 10.9. The van der Waals surface area contributed by atoms with E-state index in [-0.39, 0.29) is 18.5 Å². The third-order valence-corrected chi connectivity index (χ3v) is 4.08. The molecule has 2 atom stereocenters. The van der Waals surface area contributed by atoms with Crippen LogP contribution >= 0.6 is 22.9 Å². The minimum Gasteiger partial charge on any atom is -0.481 e. The largest absolute Gasteiger partial charge is 0.481 e. The number of hydrogen-bond acceptors (Lipinski definition) is 3. The molecule has 0 bridgehead atoms. The number of thiophene rings is 1. The van der Waals surface area contributed by atoms with Gasteiger partial charge < -0.3 is 5.11 Å². The third-order valence-electron chi connectivity index (χ3n) is 2.97. The molecule has 0 saturated carbocycles. The predicted octanol–water partition coefficient (Wildman–Crippen LogP) is 3.65. The predicted molar refractivity (Wildman–Crippen MR) is 71.8 cm³/mol. The van der Waals surface area contributed by atoms with Crippen LogP contribution in [0.5, 0.6) is 0 Å². The summed E-state index contributed by atoms with van der Waals surface area (Å²) in [6.07, 6.45) is 0.163. The van der Waals surface area contributed by atoms with Crippen molar-refractivity contribution in [1.82, 2.24) is 4.90 Å². The lowest BCUT2D eigenvalue weighted by Gasteiger charge is -2.32. The van der Waals surface area contributed by atoms with E-state index in [0.717, 1.165) is 16.4 Å². The maximum atomic E-state index is 10.7. The van der Waals surface area contributed by atoms with Crippen LogP contribution in [0.4, 0.5) is 0 Å². The van der Waals surface area contributed by atoms with Crippen molar-refractivity contribution < 1.29 is 9.90 Å². The van der Waals surface area contributed by atoms with Crippen molar-refractivity contribution in [2.75, 3.05) is 6.54 Å². The number of carbonyl (C=O) groups is 1. The Balaban J connectivity index is 2.76. The molecule has 3 nitrogen and oxygen atoms in total. The summed E-state index contributed by atoms with van der Waals surface area (Å²) in [4.78, 5) is 12.9.